The molecule has 1 aliphatic rings. The first-order valence-corrected chi connectivity index (χ1v) is 7.25. The van der Waals surface area contributed by atoms with Gasteiger partial charge in [-0.1, -0.05) is 31.5 Å². The van der Waals surface area contributed by atoms with Crippen molar-refractivity contribution < 1.29 is 0 Å². The molecule has 0 spiro atoms. The van der Waals surface area contributed by atoms with Gasteiger partial charge in [0.05, 0.1) is 0 Å². The largest absolute Gasteiger partial charge is 0.314 e. The molecule has 0 saturated carbocycles. The van der Waals surface area contributed by atoms with Crippen LogP contribution in [0.3, 0.4) is 0 Å². The highest BCUT2D eigenvalue weighted by Crippen LogP contribution is 2.30. The Labute approximate surface area is 111 Å². The lowest BCUT2D eigenvalue weighted by Crippen LogP contribution is -2.45. The lowest BCUT2D eigenvalue weighted by Gasteiger charge is -2.36. The SMILES string of the molecule is CCC[C@H](c1c(C)cccc1C)N1CCNCC1. The van der Waals surface area contributed by atoms with Crippen molar-refractivity contribution in [1.82, 2.24) is 10.2 Å². The molecule has 1 aliphatic heterocycles. The van der Waals surface area contributed by atoms with E-state index in [4.69, 9.17) is 0 Å². The van der Waals surface area contributed by atoms with Gasteiger partial charge in [0.1, 0.15) is 0 Å². The third-order valence-electron chi connectivity index (χ3n) is 4.03. The Bertz CT molecular complexity index is 360. The Kier molecular flexibility index (Phi) is 4.79. The summed E-state index contributed by atoms with van der Waals surface area (Å²) in [5.41, 5.74) is 4.47. The fraction of sp³-hybridized carbons (Fsp3) is 0.625. The normalized spacial score (nSPS) is 18.8. The van der Waals surface area contributed by atoms with Crippen LogP contribution in [-0.4, -0.2) is 31.1 Å². The molecule has 0 unspecified atom stereocenters. The number of rotatable bonds is 4. The summed E-state index contributed by atoms with van der Waals surface area (Å²) in [5.74, 6) is 0. The summed E-state index contributed by atoms with van der Waals surface area (Å²) in [4.78, 5) is 2.66. The van der Waals surface area contributed by atoms with E-state index in [1.54, 1.807) is 5.56 Å². The Morgan fingerprint density at radius 2 is 1.78 bits per heavy atom. The highest BCUT2D eigenvalue weighted by atomic mass is 15.2. The fourth-order valence-corrected chi connectivity index (χ4v) is 3.13. The number of nitrogens with zero attached hydrogens (tertiary/aromatic N) is 1. The van der Waals surface area contributed by atoms with Gasteiger partial charge in [0.25, 0.3) is 0 Å². The second-order valence-electron chi connectivity index (χ2n) is 5.40. The molecule has 1 fully saturated rings. The van der Waals surface area contributed by atoms with E-state index in [0.29, 0.717) is 6.04 Å². The van der Waals surface area contributed by atoms with Gasteiger partial charge in [-0.15, -0.1) is 0 Å². The smallest absolute Gasteiger partial charge is 0.0354 e. The number of benzene rings is 1. The molecule has 100 valence electrons. The van der Waals surface area contributed by atoms with Crippen molar-refractivity contribution in [3.05, 3.63) is 34.9 Å². The van der Waals surface area contributed by atoms with Gasteiger partial charge >= 0.3 is 0 Å². The number of piperazine rings is 1. The third-order valence-corrected chi connectivity index (χ3v) is 4.03. The molecular formula is C16H26N2. The lowest BCUT2D eigenvalue weighted by molar-refractivity contribution is 0.163. The van der Waals surface area contributed by atoms with Crippen LogP contribution in [0.25, 0.3) is 0 Å². The zero-order chi connectivity index (χ0) is 13.0. The molecule has 2 heteroatoms. The van der Waals surface area contributed by atoms with Crippen LogP contribution < -0.4 is 5.32 Å². The summed E-state index contributed by atoms with van der Waals surface area (Å²) >= 11 is 0. The maximum absolute atomic E-state index is 3.45. The van der Waals surface area contributed by atoms with E-state index in [0.717, 1.165) is 13.1 Å². The molecule has 1 aromatic rings. The Hall–Kier alpha value is -0.860. The van der Waals surface area contributed by atoms with Gasteiger partial charge in [0.2, 0.25) is 0 Å². The Balaban J connectivity index is 2.28. The van der Waals surface area contributed by atoms with Crippen molar-refractivity contribution in [3.63, 3.8) is 0 Å². The van der Waals surface area contributed by atoms with Crippen molar-refractivity contribution in [2.75, 3.05) is 26.2 Å². The molecule has 0 bridgehead atoms. The molecule has 0 aromatic heterocycles. The monoisotopic (exact) mass is 246 g/mol. The van der Waals surface area contributed by atoms with Crippen molar-refractivity contribution >= 4 is 0 Å². The van der Waals surface area contributed by atoms with E-state index in [2.05, 4.69) is 49.2 Å². The second-order valence-corrected chi connectivity index (χ2v) is 5.40. The second kappa shape index (κ2) is 6.35. The molecule has 1 aromatic carbocycles. The molecule has 0 amide bonds. The first kappa shape index (κ1) is 13.6. The highest BCUT2D eigenvalue weighted by Gasteiger charge is 2.23. The van der Waals surface area contributed by atoms with Crippen molar-refractivity contribution in [2.45, 2.75) is 39.7 Å². The number of aryl methyl sites for hydroxylation is 2. The number of hydrogen-bond acceptors (Lipinski definition) is 2. The van der Waals surface area contributed by atoms with Crippen LogP contribution in [0.4, 0.5) is 0 Å². The van der Waals surface area contributed by atoms with Gasteiger partial charge in [-0.3, -0.25) is 4.90 Å². The van der Waals surface area contributed by atoms with Crippen molar-refractivity contribution in [2.24, 2.45) is 0 Å². The molecule has 1 N–H and O–H groups in total. The zero-order valence-electron chi connectivity index (χ0n) is 12.0. The number of hydrogen-bond donors (Lipinski definition) is 1. The van der Waals surface area contributed by atoms with E-state index in [1.807, 2.05) is 0 Å². The standard InChI is InChI=1S/C16H26N2/c1-4-6-15(18-11-9-17-10-12-18)16-13(2)7-5-8-14(16)3/h5,7-8,15,17H,4,6,9-12H2,1-3H3/t15-/m1/s1. The molecule has 18 heavy (non-hydrogen) atoms. The predicted octanol–water partition coefficient (Wildman–Crippen LogP) is 3.05. The third kappa shape index (κ3) is 2.93. The van der Waals surface area contributed by atoms with Gasteiger partial charge in [-0.2, -0.15) is 0 Å². The molecule has 1 heterocycles. The van der Waals surface area contributed by atoms with Crippen molar-refractivity contribution in [3.8, 4) is 0 Å². The summed E-state index contributed by atoms with van der Waals surface area (Å²) in [6, 6.07) is 7.30. The molecular weight excluding hydrogens is 220 g/mol. The van der Waals surface area contributed by atoms with Gasteiger partial charge in [0.15, 0.2) is 0 Å². The van der Waals surface area contributed by atoms with Gasteiger partial charge < -0.3 is 5.32 Å². The predicted molar refractivity (Wildman–Crippen MR) is 78.0 cm³/mol. The Morgan fingerprint density at radius 3 is 2.33 bits per heavy atom. The van der Waals surface area contributed by atoms with Crippen LogP contribution >= 0.6 is 0 Å². The van der Waals surface area contributed by atoms with Gasteiger partial charge in [-0.25, -0.2) is 0 Å². The number of nitrogens with one attached hydrogen (secondary N) is 1. The molecule has 0 aliphatic carbocycles. The molecule has 1 atom stereocenters. The van der Waals surface area contributed by atoms with Crippen LogP contribution in [0, 0.1) is 13.8 Å². The van der Waals surface area contributed by atoms with E-state index in [-0.39, 0.29) is 0 Å². The highest BCUT2D eigenvalue weighted by molar-refractivity contribution is 5.36. The average molecular weight is 246 g/mol. The van der Waals surface area contributed by atoms with Crippen LogP contribution in [0.2, 0.25) is 0 Å². The van der Waals surface area contributed by atoms with Crippen molar-refractivity contribution in [1.29, 1.82) is 0 Å². The summed E-state index contributed by atoms with van der Waals surface area (Å²) in [6.45, 7) is 11.4. The van der Waals surface area contributed by atoms with Crippen LogP contribution in [-0.2, 0) is 0 Å². The first-order chi connectivity index (χ1) is 8.74. The van der Waals surface area contributed by atoms with E-state index < -0.39 is 0 Å². The van der Waals surface area contributed by atoms with E-state index in [1.165, 1.54) is 37.1 Å². The minimum Gasteiger partial charge on any atom is -0.314 e. The topological polar surface area (TPSA) is 15.3 Å². The summed E-state index contributed by atoms with van der Waals surface area (Å²) in [7, 11) is 0. The summed E-state index contributed by atoms with van der Waals surface area (Å²) < 4.78 is 0. The van der Waals surface area contributed by atoms with E-state index >= 15 is 0 Å². The Morgan fingerprint density at radius 1 is 1.17 bits per heavy atom. The summed E-state index contributed by atoms with van der Waals surface area (Å²) in [6.07, 6.45) is 2.52. The fourth-order valence-electron chi connectivity index (χ4n) is 3.13. The zero-order valence-corrected chi connectivity index (χ0v) is 12.0. The van der Waals surface area contributed by atoms with Crippen LogP contribution in [0.5, 0.6) is 0 Å². The van der Waals surface area contributed by atoms with Crippen LogP contribution in [0.1, 0.15) is 42.5 Å². The lowest BCUT2D eigenvalue weighted by atomic mass is 9.92. The average Bonchev–Trinajstić information content (AvgIpc) is 2.38. The molecule has 0 radical (unpaired) electrons. The van der Waals surface area contributed by atoms with E-state index in [9.17, 15) is 0 Å². The van der Waals surface area contributed by atoms with Gasteiger partial charge in [0, 0.05) is 32.2 Å². The molecule has 2 nitrogen and oxygen atoms in total. The maximum atomic E-state index is 3.45. The maximum Gasteiger partial charge on any atom is 0.0354 e. The minimum atomic E-state index is 0.610. The minimum absolute atomic E-state index is 0.610. The molecule has 1 saturated heterocycles. The molecule has 2 rings (SSSR count). The van der Waals surface area contributed by atoms with Crippen LogP contribution in [0.15, 0.2) is 18.2 Å². The summed E-state index contributed by atoms with van der Waals surface area (Å²) in [5, 5.41) is 3.45. The quantitative estimate of drug-likeness (QED) is 0.878. The van der Waals surface area contributed by atoms with Gasteiger partial charge in [-0.05, 0) is 37.0 Å². The first-order valence-electron chi connectivity index (χ1n) is 7.25.